The number of rotatable bonds is 5. The second kappa shape index (κ2) is 7.48. The molecule has 1 unspecified atom stereocenters. The number of fused-ring (bicyclic) bond motifs is 4. The third-order valence-electron chi connectivity index (χ3n) is 6.10. The molecule has 7 nitrogen and oxygen atoms in total. The van der Waals surface area contributed by atoms with Crippen LogP contribution in [0.3, 0.4) is 0 Å². The second-order valence-electron chi connectivity index (χ2n) is 8.28. The van der Waals surface area contributed by atoms with E-state index in [2.05, 4.69) is 4.98 Å². The van der Waals surface area contributed by atoms with Crippen LogP contribution in [0.2, 0.25) is 0 Å². The Balaban J connectivity index is 1.84. The normalized spacial score (nSPS) is 15.8. The van der Waals surface area contributed by atoms with Crippen LogP contribution >= 0.6 is 0 Å². The van der Waals surface area contributed by atoms with Gasteiger partial charge in [0.25, 0.3) is 0 Å². The number of benzene rings is 2. The fraction of sp³-hybridized carbons (Fsp3) is 0.208. The molecule has 0 spiro atoms. The molecule has 3 heterocycles. The minimum absolute atomic E-state index is 0.0805. The Labute approximate surface area is 188 Å². The van der Waals surface area contributed by atoms with Gasteiger partial charge in [0.2, 0.25) is 5.78 Å². The third-order valence-corrected chi connectivity index (χ3v) is 7.22. The number of para-hydroxylation sites is 1. The van der Waals surface area contributed by atoms with Gasteiger partial charge in [-0.2, -0.15) is 0 Å². The molecule has 0 saturated heterocycles. The van der Waals surface area contributed by atoms with Crippen LogP contribution in [-0.4, -0.2) is 41.1 Å². The molecule has 0 aliphatic carbocycles. The zero-order chi connectivity index (χ0) is 23.5. The Morgan fingerprint density at radius 3 is 2.67 bits per heavy atom. The number of carboxylic acids is 1. The first kappa shape index (κ1) is 21.3. The fourth-order valence-corrected chi connectivity index (χ4v) is 5.67. The summed E-state index contributed by atoms with van der Waals surface area (Å²) in [4.78, 5) is 29.5. The van der Waals surface area contributed by atoms with E-state index in [4.69, 9.17) is 0 Å². The summed E-state index contributed by atoms with van der Waals surface area (Å²) in [5.74, 6) is -2.80. The topological polar surface area (TPSA) is 106 Å². The van der Waals surface area contributed by atoms with Crippen molar-refractivity contribution in [2.75, 3.05) is 6.26 Å². The van der Waals surface area contributed by atoms with E-state index < -0.39 is 33.3 Å². The van der Waals surface area contributed by atoms with Gasteiger partial charge in [-0.15, -0.1) is 0 Å². The first-order valence-corrected chi connectivity index (χ1v) is 12.2. The van der Waals surface area contributed by atoms with Crippen molar-refractivity contribution in [3.8, 4) is 0 Å². The molecule has 0 amide bonds. The molecule has 2 aromatic carbocycles. The van der Waals surface area contributed by atoms with Gasteiger partial charge in [-0.25, -0.2) is 17.8 Å². The maximum absolute atomic E-state index is 14.4. The molecule has 2 aromatic heterocycles. The van der Waals surface area contributed by atoms with E-state index in [1.54, 1.807) is 28.8 Å². The Kier molecular flexibility index (Phi) is 4.82. The van der Waals surface area contributed by atoms with Crippen molar-refractivity contribution in [1.82, 2.24) is 9.55 Å². The number of hydrogen-bond acceptors (Lipinski definition) is 5. The predicted octanol–water partition coefficient (Wildman–Crippen LogP) is 3.93. The van der Waals surface area contributed by atoms with E-state index in [1.165, 1.54) is 6.07 Å². The van der Waals surface area contributed by atoms with Crippen LogP contribution in [0.5, 0.6) is 0 Å². The number of hydrogen-bond donors (Lipinski definition) is 1. The lowest BCUT2D eigenvalue weighted by Gasteiger charge is -2.11. The van der Waals surface area contributed by atoms with Gasteiger partial charge in [0.1, 0.15) is 11.5 Å². The molecule has 0 saturated carbocycles. The number of nitrogens with zero attached hydrogens (tertiary/aromatic N) is 2. The van der Waals surface area contributed by atoms with Gasteiger partial charge < -0.3 is 9.67 Å². The summed E-state index contributed by atoms with van der Waals surface area (Å²) in [6.07, 6.45) is 1.19. The number of carboxylic acid groups (broad SMARTS) is 1. The van der Waals surface area contributed by atoms with Crippen molar-refractivity contribution < 1.29 is 27.5 Å². The van der Waals surface area contributed by atoms with Gasteiger partial charge in [-0.1, -0.05) is 24.3 Å². The molecule has 9 heteroatoms. The number of halogens is 1. The van der Waals surface area contributed by atoms with E-state index in [0.717, 1.165) is 17.7 Å². The fourth-order valence-electron chi connectivity index (χ4n) is 4.76. The Hall–Kier alpha value is -3.59. The van der Waals surface area contributed by atoms with Crippen molar-refractivity contribution >= 4 is 43.4 Å². The molecule has 1 aliphatic rings. The largest absolute Gasteiger partial charge is 0.481 e. The van der Waals surface area contributed by atoms with Crippen LogP contribution in [0.4, 0.5) is 4.39 Å². The highest BCUT2D eigenvalue weighted by molar-refractivity contribution is 7.91. The lowest BCUT2D eigenvalue weighted by Crippen LogP contribution is -2.11. The van der Waals surface area contributed by atoms with Gasteiger partial charge in [0.15, 0.2) is 9.84 Å². The molecule has 1 N–H and O–H groups in total. The number of aliphatic carboxylic acids is 1. The second-order valence-corrected chi connectivity index (χ2v) is 10.3. The van der Waals surface area contributed by atoms with E-state index in [0.29, 0.717) is 24.2 Å². The molecule has 0 bridgehead atoms. The summed E-state index contributed by atoms with van der Waals surface area (Å²) in [7, 11) is -3.90. The number of ketones is 1. The summed E-state index contributed by atoms with van der Waals surface area (Å²) in [5, 5.41) is 10.4. The zero-order valence-corrected chi connectivity index (χ0v) is 18.4. The maximum atomic E-state index is 14.4. The molecule has 1 atom stereocenters. The summed E-state index contributed by atoms with van der Waals surface area (Å²) >= 11 is 0. The summed E-state index contributed by atoms with van der Waals surface area (Å²) in [6, 6.07) is 12.7. The van der Waals surface area contributed by atoms with E-state index in [9.17, 15) is 27.5 Å². The van der Waals surface area contributed by atoms with Crippen LogP contribution in [0.1, 0.15) is 40.5 Å². The Morgan fingerprint density at radius 2 is 1.94 bits per heavy atom. The molecular weight excluding hydrogens is 447 g/mol. The molecule has 5 rings (SSSR count). The molecular formula is C24H19FN2O5S. The zero-order valence-electron chi connectivity index (χ0n) is 17.6. The summed E-state index contributed by atoms with van der Waals surface area (Å²) in [5.41, 5.74) is 1.47. The lowest BCUT2D eigenvalue weighted by atomic mass is 9.93. The van der Waals surface area contributed by atoms with Crippen molar-refractivity contribution in [3.63, 3.8) is 0 Å². The smallest absolute Gasteiger partial charge is 0.304 e. The molecule has 4 aromatic rings. The van der Waals surface area contributed by atoms with Gasteiger partial charge >= 0.3 is 5.97 Å². The predicted molar refractivity (Wildman–Crippen MR) is 120 cm³/mol. The number of aromatic nitrogens is 2. The van der Waals surface area contributed by atoms with Crippen LogP contribution < -0.4 is 0 Å². The number of sulfone groups is 1. The number of aryl methyl sites for hydroxylation is 1. The highest BCUT2D eigenvalue weighted by Crippen LogP contribution is 2.43. The minimum Gasteiger partial charge on any atom is -0.481 e. The first-order valence-electron chi connectivity index (χ1n) is 10.3. The van der Waals surface area contributed by atoms with Crippen molar-refractivity contribution in [1.29, 1.82) is 0 Å². The van der Waals surface area contributed by atoms with Gasteiger partial charge in [-0.05, 0) is 30.7 Å². The first-order chi connectivity index (χ1) is 15.6. The van der Waals surface area contributed by atoms with Crippen molar-refractivity contribution in [2.24, 2.45) is 0 Å². The Bertz CT molecular complexity index is 1590. The highest BCUT2D eigenvalue weighted by atomic mass is 32.2. The highest BCUT2D eigenvalue weighted by Gasteiger charge is 2.36. The number of pyridine rings is 1. The van der Waals surface area contributed by atoms with E-state index in [-0.39, 0.29) is 33.5 Å². The van der Waals surface area contributed by atoms with Crippen LogP contribution in [-0.2, 0) is 21.2 Å². The van der Waals surface area contributed by atoms with E-state index in [1.807, 2.05) is 12.1 Å². The molecule has 168 valence electrons. The van der Waals surface area contributed by atoms with Crippen LogP contribution in [0.25, 0.3) is 21.8 Å². The van der Waals surface area contributed by atoms with Crippen molar-refractivity contribution in [2.45, 2.75) is 30.2 Å². The van der Waals surface area contributed by atoms with Gasteiger partial charge in [0, 0.05) is 35.2 Å². The lowest BCUT2D eigenvalue weighted by molar-refractivity contribution is -0.137. The average Bonchev–Trinajstić information content (AvgIpc) is 3.30. The quantitative estimate of drug-likeness (QED) is 0.447. The standard InChI is InChI=1S/C24H19FN2O5S/c1-33(31,32)19-12-15(25)11-18-21(19)22(23-14(10-20(28)29)8-9-27(18)23)24(30)17-7-6-13-4-2-3-5-16(13)26-17/h2-7,11-12,14H,8-10H2,1H3,(H,28,29). The molecule has 1 aliphatic heterocycles. The SMILES string of the molecule is CS(=O)(=O)c1cc(F)cc2c1c(C(=O)c1ccc3ccccc3n1)c1n2CCC1CC(=O)O. The number of carbonyl (C=O) groups excluding carboxylic acids is 1. The average molecular weight is 466 g/mol. The minimum atomic E-state index is -3.90. The van der Waals surface area contributed by atoms with Gasteiger partial charge in [-0.3, -0.25) is 9.59 Å². The molecule has 0 fully saturated rings. The van der Waals surface area contributed by atoms with Gasteiger partial charge in [0.05, 0.1) is 27.9 Å². The third kappa shape index (κ3) is 3.48. The van der Waals surface area contributed by atoms with Crippen molar-refractivity contribution in [3.05, 3.63) is 71.3 Å². The summed E-state index contributed by atoms with van der Waals surface area (Å²) < 4.78 is 41.3. The van der Waals surface area contributed by atoms with E-state index >= 15 is 0 Å². The van der Waals surface area contributed by atoms with Crippen LogP contribution in [0.15, 0.2) is 53.4 Å². The molecule has 33 heavy (non-hydrogen) atoms. The monoisotopic (exact) mass is 466 g/mol. The molecule has 0 radical (unpaired) electrons. The summed E-state index contributed by atoms with van der Waals surface area (Å²) in [6.45, 7) is 0.356. The van der Waals surface area contributed by atoms with Crippen LogP contribution in [0, 0.1) is 5.82 Å². The number of carbonyl (C=O) groups is 2. The maximum Gasteiger partial charge on any atom is 0.304 e. The Morgan fingerprint density at radius 1 is 1.18 bits per heavy atom.